The average Bonchev–Trinajstić information content (AvgIpc) is 2.81. The summed E-state index contributed by atoms with van der Waals surface area (Å²) in [6, 6.07) is 20.5. The number of ether oxygens (including phenoxy) is 2. The molecule has 1 unspecified atom stereocenters. The number of carbonyl (C=O) groups excluding carboxylic acids is 1. The molecule has 0 aliphatic carbocycles. The molecule has 0 saturated carbocycles. The van der Waals surface area contributed by atoms with Crippen molar-refractivity contribution in [3.8, 4) is 5.75 Å². The van der Waals surface area contributed by atoms with E-state index in [0.717, 1.165) is 11.1 Å². The van der Waals surface area contributed by atoms with E-state index >= 15 is 0 Å². The van der Waals surface area contributed by atoms with Gasteiger partial charge in [0.05, 0.1) is 17.2 Å². The fourth-order valence-corrected chi connectivity index (χ4v) is 3.38. The number of amides is 1. The molecular formula is C25H24ClNO5. The molecule has 32 heavy (non-hydrogen) atoms. The number of nitrogens with one attached hydrogen (secondary N) is 1. The van der Waals surface area contributed by atoms with E-state index in [1.165, 1.54) is 12.1 Å². The molecule has 3 aromatic rings. The van der Waals surface area contributed by atoms with Gasteiger partial charge in [-0.3, -0.25) is 4.79 Å². The zero-order valence-electron chi connectivity index (χ0n) is 17.7. The molecule has 0 radical (unpaired) electrons. The lowest BCUT2D eigenvalue weighted by Crippen LogP contribution is -2.27. The van der Waals surface area contributed by atoms with Crippen LogP contribution in [-0.2, 0) is 4.74 Å². The van der Waals surface area contributed by atoms with Crippen molar-refractivity contribution >= 4 is 23.5 Å². The fraction of sp³-hybridized carbons (Fsp3) is 0.200. The maximum atomic E-state index is 13.0. The van der Waals surface area contributed by atoms with Crippen molar-refractivity contribution < 1.29 is 24.2 Å². The zero-order chi connectivity index (χ0) is 23.1. The lowest BCUT2D eigenvalue weighted by Gasteiger charge is -2.19. The lowest BCUT2D eigenvalue weighted by atomic mass is 10.1. The lowest BCUT2D eigenvalue weighted by molar-refractivity contribution is 0.0569. The number of benzene rings is 3. The van der Waals surface area contributed by atoms with E-state index in [1.54, 1.807) is 37.4 Å². The van der Waals surface area contributed by atoms with Crippen molar-refractivity contribution in [3.63, 3.8) is 0 Å². The molecule has 0 fully saturated rings. The normalized spacial score (nSPS) is 12.6. The third-order valence-electron chi connectivity index (χ3n) is 5.04. The summed E-state index contributed by atoms with van der Waals surface area (Å²) in [4.78, 5) is 24.0. The Labute approximate surface area is 191 Å². The standard InChI is InChI=1S/C25H24ClNO5/c1-16(17-8-10-19(11-9-17)25(29)30)27-24(28)21-14-20(26)12-13-22(21)32-15-23(31-2)18-6-4-3-5-7-18/h3-14,16,23H,15H2,1-2H3,(H,27,28)(H,29,30)/t16-,23?/m0/s1. The molecule has 0 spiro atoms. The summed E-state index contributed by atoms with van der Waals surface area (Å²) >= 11 is 6.13. The Kier molecular flexibility index (Phi) is 7.87. The first-order chi connectivity index (χ1) is 15.4. The molecule has 0 bridgehead atoms. The molecule has 0 aliphatic rings. The number of carbonyl (C=O) groups is 2. The predicted molar refractivity (Wildman–Crippen MR) is 122 cm³/mol. The largest absolute Gasteiger partial charge is 0.490 e. The monoisotopic (exact) mass is 453 g/mol. The molecule has 3 rings (SSSR count). The molecule has 6 nitrogen and oxygen atoms in total. The molecule has 3 aromatic carbocycles. The van der Waals surface area contributed by atoms with Gasteiger partial charge in [0.1, 0.15) is 18.5 Å². The minimum absolute atomic E-state index is 0.184. The Balaban J connectivity index is 1.73. The van der Waals surface area contributed by atoms with E-state index in [2.05, 4.69) is 5.32 Å². The number of carboxylic acid groups (broad SMARTS) is 1. The Bertz CT molecular complexity index is 1070. The minimum atomic E-state index is -1.00. The highest BCUT2D eigenvalue weighted by Crippen LogP contribution is 2.26. The van der Waals surface area contributed by atoms with Gasteiger partial charge in [-0.05, 0) is 48.4 Å². The molecule has 2 atom stereocenters. The van der Waals surface area contributed by atoms with Gasteiger partial charge in [-0.15, -0.1) is 0 Å². The Morgan fingerprint density at radius 2 is 1.69 bits per heavy atom. The first-order valence-corrected chi connectivity index (χ1v) is 10.4. The van der Waals surface area contributed by atoms with Crippen LogP contribution < -0.4 is 10.1 Å². The average molecular weight is 454 g/mol. The van der Waals surface area contributed by atoms with Gasteiger partial charge in [-0.2, -0.15) is 0 Å². The van der Waals surface area contributed by atoms with Crippen molar-refractivity contribution in [1.29, 1.82) is 0 Å². The molecule has 0 aliphatic heterocycles. The van der Waals surface area contributed by atoms with Crippen LogP contribution >= 0.6 is 11.6 Å². The van der Waals surface area contributed by atoms with Crippen LogP contribution in [0.5, 0.6) is 5.75 Å². The fourth-order valence-electron chi connectivity index (χ4n) is 3.21. The summed E-state index contributed by atoms with van der Waals surface area (Å²) in [5.41, 5.74) is 2.23. The Hall–Kier alpha value is -3.35. The third kappa shape index (κ3) is 5.87. The highest BCUT2D eigenvalue weighted by Gasteiger charge is 2.19. The van der Waals surface area contributed by atoms with Crippen LogP contribution in [0.15, 0.2) is 72.8 Å². The van der Waals surface area contributed by atoms with Gasteiger partial charge in [0, 0.05) is 12.1 Å². The number of rotatable bonds is 9. The van der Waals surface area contributed by atoms with E-state index in [-0.39, 0.29) is 30.2 Å². The van der Waals surface area contributed by atoms with Crippen LogP contribution in [0.1, 0.15) is 50.9 Å². The van der Waals surface area contributed by atoms with Gasteiger partial charge >= 0.3 is 5.97 Å². The van der Waals surface area contributed by atoms with Gasteiger partial charge < -0.3 is 19.9 Å². The Morgan fingerprint density at radius 1 is 1.00 bits per heavy atom. The van der Waals surface area contributed by atoms with E-state index in [9.17, 15) is 9.59 Å². The summed E-state index contributed by atoms with van der Waals surface area (Å²) in [5, 5.41) is 12.4. The summed E-state index contributed by atoms with van der Waals surface area (Å²) in [7, 11) is 1.60. The smallest absolute Gasteiger partial charge is 0.335 e. The second-order valence-corrected chi connectivity index (χ2v) is 7.65. The SMILES string of the molecule is COC(COc1ccc(Cl)cc1C(=O)N[C@@H](C)c1ccc(C(=O)O)cc1)c1ccccc1. The summed E-state index contributed by atoms with van der Waals surface area (Å²) in [6.45, 7) is 2.03. The minimum Gasteiger partial charge on any atom is -0.490 e. The molecule has 7 heteroatoms. The van der Waals surface area contributed by atoms with Crippen molar-refractivity contribution in [1.82, 2.24) is 5.32 Å². The number of methoxy groups -OCH3 is 1. The molecule has 0 saturated heterocycles. The first-order valence-electron chi connectivity index (χ1n) is 10.0. The molecule has 0 heterocycles. The molecule has 166 valence electrons. The maximum Gasteiger partial charge on any atom is 0.335 e. The van der Waals surface area contributed by atoms with Gasteiger partial charge in [-0.1, -0.05) is 54.1 Å². The van der Waals surface area contributed by atoms with Crippen molar-refractivity contribution in [2.45, 2.75) is 19.1 Å². The quantitative estimate of drug-likeness (QED) is 0.459. The van der Waals surface area contributed by atoms with Crippen LogP contribution in [0, 0.1) is 0 Å². The van der Waals surface area contributed by atoms with Gasteiger partial charge in [0.25, 0.3) is 5.91 Å². The van der Waals surface area contributed by atoms with Crippen LogP contribution in [0.4, 0.5) is 0 Å². The summed E-state index contributed by atoms with van der Waals surface area (Å²) in [5.74, 6) is -0.969. The van der Waals surface area contributed by atoms with E-state index in [4.69, 9.17) is 26.2 Å². The Morgan fingerprint density at radius 3 is 2.31 bits per heavy atom. The van der Waals surface area contributed by atoms with Crippen LogP contribution in [0.3, 0.4) is 0 Å². The molecular weight excluding hydrogens is 430 g/mol. The zero-order valence-corrected chi connectivity index (χ0v) is 18.5. The summed E-state index contributed by atoms with van der Waals surface area (Å²) < 4.78 is 11.5. The highest BCUT2D eigenvalue weighted by molar-refractivity contribution is 6.31. The van der Waals surface area contributed by atoms with E-state index < -0.39 is 5.97 Å². The van der Waals surface area contributed by atoms with Crippen LogP contribution in [-0.4, -0.2) is 30.7 Å². The van der Waals surface area contributed by atoms with Crippen molar-refractivity contribution in [2.75, 3.05) is 13.7 Å². The number of halogens is 1. The predicted octanol–water partition coefficient (Wildman–Crippen LogP) is 5.30. The number of hydrogen-bond acceptors (Lipinski definition) is 4. The van der Waals surface area contributed by atoms with E-state index in [1.807, 2.05) is 37.3 Å². The van der Waals surface area contributed by atoms with Gasteiger partial charge in [-0.25, -0.2) is 4.79 Å². The second-order valence-electron chi connectivity index (χ2n) is 7.21. The number of hydrogen-bond donors (Lipinski definition) is 2. The van der Waals surface area contributed by atoms with Gasteiger partial charge in [0.15, 0.2) is 0 Å². The van der Waals surface area contributed by atoms with Crippen LogP contribution in [0.25, 0.3) is 0 Å². The topological polar surface area (TPSA) is 84.9 Å². The molecule has 0 aromatic heterocycles. The number of aromatic carboxylic acids is 1. The van der Waals surface area contributed by atoms with Crippen LogP contribution in [0.2, 0.25) is 5.02 Å². The highest BCUT2D eigenvalue weighted by atomic mass is 35.5. The third-order valence-corrected chi connectivity index (χ3v) is 5.27. The molecule has 1 amide bonds. The van der Waals surface area contributed by atoms with E-state index in [0.29, 0.717) is 16.3 Å². The van der Waals surface area contributed by atoms with Gasteiger partial charge in [0.2, 0.25) is 0 Å². The number of carboxylic acids is 1. The maximum absolute atomic E-state index is 13.0. The van der Waals surface area contributed by atoms with Crippen molar-refractivity contribution in [2.24, 2.45) is 0 Å². The molecule has 2 N–H and O–H groups in total. The second kappa shape index (κ2) is 10.8. The first kappa shape index (κ1) is 23.3. The van der Waals surface area contributed by atoms with Crippen molar-refractivity contribution in [3.05, 3.63) is 100 Å². The summed E-state index contributed by atoms with van der Waals surface area (Å²) in [6.07, 6.45) is -0.297.